The number of nitrogens with zero attached hydrogens (tertiary/aromatic N) is 3. The Hall–Kier alpha value is -3.10. The summed E-state index contributed by atoms with van der Waals surface area (Å²) in [5, 5.41) is 16.0. The lowest BCUT2D eigenvalue weighted by Crippen LogP contribution is -2.46. The molecule has 144 valence electrons. The Morgan fingerprint density at radius 2 is 2.15 bits per heavy atom. The van der Waals surface area contributed by atoms with Gasteiger partial charge in [-0.3, -0.25) is 14.3 Å². The van der Waals surface area contributed by atoms with Crippen molar-refractivity contribution in [3.05, 3.63) is 41.1 Å². The summed E-state index contributed by atoms with van der Waals surface area (Å²) >= 11 is 0. The number of amides is 2. The Kier molecular flexibility index (Phi) is 5.02. The molecule has 0 bridgehead atoms. The van der Waals surface area contributed by atoms with E-state index < -0.39 is 17.9 Å². The second-order valence-electron chi connectivity index (χ2n) is 6.75. The Balaban J connectivity index is 1.74. The minimum absolute atomic E-state index is 0.0133. The van der Waals surface area contributed by atoms with Crippen molar-refractivity contribution in [3.8, 4) is 0 Å². The van der Waals surface area contributed by atoms with Gasteiger partial charge in [-0.05, 0) is 19.4 Å². The van der Waals surface area contributed by atoms with Crippen LogP contribution in [0.5, 0.6) is 0 Å². The summed E-state index contributed by atoms with van der Waals surface area (Å²) in [4.78, 5) is 37.6. The Bertz CT molecular complexity index is 884. The van der Waals surface area contributed by atoms with Crippen LogP contribution in [0.1, 0.15) is 46.3 Å². The number of carboxylic acid groups (broad SMARTS) is 1. The first-order valence-electron chi connectivity index (χ1n) is 8.62. The molecule has 1 aliphatic rings. The highest BCUT2D eigenvalue weighted by Crippen LogP contribution is 2.35. The highest BCUT2D eigenvalue weighted by Gasteiger charge is 2.39. The quantitative estimate of drug-likeness (QED) is 0.813. The SMILES string of the molecule is Cc1oc(CNC(=O)[C@H]2CCC(=O)N(C)[C@H]2c2cnn(C)c2)cc1C(=O)O. The number of aryl methyl sites for hydroxylation is 2. The van der Waals surface area contributed by atoms with E-state index >= 15 is 0 Å². The summed E-state index contributed by atoms with van der Waals surface area (Å²) in [6.45, 7) is 1.65. The second kappa shape index (κ2) is 7.26. The molecular weight excluding hydrogens is 352 g/mol. The van der Waals surface area contributed by atoms with Crippen LogP contribution in [0.25, 0.3) is 0 Å². The van der Waals surface area contributed by atoms with E-state index in [9.17, 15) is 14.4 Å². The number of furan rings is 1. The van der Waals surface area contributed by atoms with Crippen LogP contribution in [0.2, 0.25) is 0 Å². The van der Waals surface area contributed by atoms with Crippen molar-refractivity contribution in [2.45, 2.75) is 32.4 Å². The molecule has 2 N–H and O–H groups in total. The van der Waals surface area contributed by atoms with Crippen molar-refractivity contribution in [2.75, 3.05) is 7.05 Å². The molecular formula is C18H22N4O5. The molecule has 3 heterocycles. The van der Waals surface area contributed by atoms with Gasteiger partial charge in [0.2, 0.25) is 11.8 Å². The van der Waals surface area contributed by atoms with Crippen molar-refractivity contribution >= 4 is 17.8 Å². The maximum Gasteiger partial charge on any atom is 0.339 e. The van der Waals surface area contributed by atoms with E-state index in [1.165, 1.54) is 6.07 Å². The minimum Gasteiger partial charge on any atom is -0.478 e. The summed E-state index contributed by atoms with van der Waals surface area (Å²) in [5.74, 6) is -1.06. The van der Waals surface area contributed by atoms with Gasteiger partial charge < -0.3 is 19.7 Å². The summed E-state index contributed by atoms with van der Waals surface area (Å²) < 4.78 is 7.03. The molecule has 0 unspecified atom stereocenters. The molecule has 1 fully saturated rings. The normalized spacial score (nSPS) is 20.0. The van der Waals surface area contributed by atoms with Gasteiger partial charge in [-0.15, -0.1) is 0 Å². The van der Waals surface area contributed by atoms with Crippen LogP contribution in [0, 0.1) is 12.8 Å². The van der Waals surface area contributed by atoms with Crippen LogP contribution >= 0.6 is 0 Å². The van der Waals surface area contributed by atoms with Gasteiger partial charge in [-0.1, -0.05) is 0 Å². The van der Waals surface area contributed by atoms with Crippen molar-refractivity contribution in [1.29, 1.82) is 0 Å². The third kappa shape index (κ3) is 3.71. The average molecular weight is 374 g/mol. The van der Waals surface area contributed by atoms with E-state index in [2.05, 4.69) is 10.4 Å². The topological polar surface area (TPSA) is 118 Å². The van der Waals surface area contributed by atoms with E-state index in [0.29, 0.717) is 24.4 Å². The first-order valence-corrected chi connectivity index (χ1v) is 8.62. The Morgan fingerprint density at radius 3 is 2.74 bits per heavy atom. The standard InChI is InChI=1S/C18H22N4O5/c1-10-14(18(25)26)6-12(27-10)8-19-17(24)13-4-5-15(23)22(3)16(13)11-7-20-21(2)9-11/h6-7,9,13,16H,4-5,8H2,1-3H3,(H,19,24)(H,25,26)/t13-,16-/m0/s1. The lowest BCUT2D eigenvalue weighted by Gasteiger charge is -2.37. The lowest BCUT2D eigenvalue weighted by atomic mass is 9.85. The lowest BCUT2D eigenvalue weighted by molar-refractivity contribution is -0.141. The number of aromatic nitrogens is 2. The van der Waals surface area contributed by atoms with E-state index in [1.807, 2.05) is 0 Å². The highest BCUT2D eigenvalue weighted by molar-refractivity contribution is 5.89. The molecule has 27 heavy (non-hydrogen) atoms. The smallest absolute Gasteiger partial charge is 0.339 e. The van der Waals surface area contributed by atoms with Crippen LogP contribution in [0.4, 0.5) is 0 Å². The average Bonchev–Trinajstić information content (AvgIpc) is 3.20. The van der Waals surface area contributed by atoms with Gasteiger partial charge in [0.25, 0.3) is 0 Å². The van der Waals surface area contributed by atoms with Crippen LogP contribution in [0.3, 0.4) is 0 Å². The molecule has 0 radical (unpaired) electrons. The number of likely N-dealkylation sites (tertiary alicyclic amines) is 1. The molecule has 2 atom stereocenters. The van der Waals surface area contributed by atoms with Crippen molar-refractivity contribution in [1.82, 2.24) is 20.0 Å². The number of hydrogen-bond acceptors (Lipinski definition) is 5. The van der Waals surface area contributed by atoms with Gasteiger partial charge in [-0.25, -0.2) is 4.79 Å². The predicted molar refractivity (Wildman–Crippen MR) is 93.7 cm³/mol. The van der Waals surface area contributed by atoms with Gasteiger partial charge in [0.1, 0.15) is 17.1 Å². The number of nitrogens with one attached hydrogen (secondary N) is 1. The molecule has 3 rings (SSSR count). The largest absolute Gasteiger partial charge is 0.478 e. The Labute approximate surface area is 155 Å². The van der Waals surface area contributed by atoms with Crippen LogP contribution in [-0.4, -0.2) is 44.6 Å². The summed E-state index contributed by atoms with van der Waals surface area (Å²) in [6.07, 6.45) is 4.20. The van der Waals surface area contributed by atoms with Crippen LogP contribution in [-0.2, 0) is 23.2 Å². The van der Waals surface area contributed by atoms with Crippen molar-refractivity contribution < 1.29 is 23.9 Å². The monoisotopic (exact) mass is 374 g/mol. The summed E-state index contributed by atoms with van der Waals surface area (Å²) in [7, 11) is 3.47. The van der Waals surface area contributed by atoms with Gasteiger partial charge in [0, 0.05) is 32.3 Å². The number of piperidine rings is 1. The van der Waals surface area contributed by atoms with Crippen molar-refractivity contribution in [3.63, 3.8) is 0 Å². The van der Waals surface area contributed by atoms with Gasteiger partial charge in [0.15, 0.2) is 0 Å². The molecule has 0 aromatic carbocycles. The summed E-state index contributed by atoms with van der Waals surface area (Å²) in [6, 6.07) is 1.01. The fourth-order valence-electron chi connectivity index (χ4n) is 3.51. The zero-order valence-corrected chi connectivity index (χ0v) is 15.4. The van der Waals surface area contributed by atoms with Gasteiger partial charge >= 0.3 is 5.97 Å². The first-order chi connectivity index (χ1) is 12.8. The van der Waals surface area contributed by atoms with E-state index in [-0.39, 0.29) is 23.9 Å². The molecule has 2 aromatic rings. The number of carbonyl (C=O) groups is 3. The van der Waals surface area contributed by atoms with Crippen LogP contribution in [0.15, 0.2) is 22.9 Å². The zero-order valence-electron chi connectivity index (χ0n) is 15.4. The molecule has 0 spiro atoms. The molecule has 2 amide bonds. The van der Waals surface area contributed by atoms with Gasteiger partial charge in [0.05, 0.1) is 24.7 Å². The zero-order chi connectivity index (χ0) is 19.7. The fraction of sp³-hybridized carbons (Fsp3) is 0.444. The fourth-order valence-corrected chi connectivity index (χ4v) is 3.51. The maximum atomic E-state index is 12.8. The third-order valence-corrected chi connectivity index (χ3v) is 4.90. The number of aromatic carboxylic acids is 1. The number of carboxylic acids is 1. The maximum absolute atomic E-state index is 12.8. The summed E-state index contributed by atoms with van der Waals surface area (Å²) in [5.41, 5.74) is 0.880. The van der Waals surface area contributed by atoms with E-state index in [0.717, 1.165) is 5.56 Å². The van der Waals surface area contributed by atoms with Gasteiger partial charge in [-0.2, -0.15) is 5.10 Å². The molecule has 9 nitrogen and oxygen atoms in total. The molecule has 2 aromatic heterocycles. The predicted octanol–water partition coefficient (Wildman–Crippen LogP) is 1.25. The molecule has 1 saturated heterocycles. The van der Waals surface area contributed by atoms with E-state index in [1.54, 1.807) is 43.0 Å². The second-order valence-corrected chi connectivity index (χ2v) is 6.75. The highest BCUT2D eigenvalue weighted by atomic mass is 16.4. The number of rotatable bonds is 5. The minimum atomic E-state index is -1.07. The van der Waals surface area contributed by atoms with Crippen LogP contribution < -0.4 is 5.32 Å². The molecule has 0 saturated carbocycles. The number of hydrogen-bond donors (Lipinski definition) is 2. The Morgan fingerprint density at radius 1 is 1.41 bits per heavy atom. The molecule has 0 aliphatic carbocycles. The first kappa shape index (κ1) is 18.7. The number of carbonyl (C=O) groups excluding carboxylic acids is 2. The van der Waals surface area contributed by atoms with E-state index in [4.69, 9.17) is 9.52 Å². The third-order valence-electron chi connectivity index (χ3n) is 4.90. The van der Waals surface area contributed by atoms with Crippen molar-refractivity contribution in [2.24, 2.45) is 13.0 Å². The molecule has 1 aliphatic heterocycles. The molecule has 9 heteroatoms.